The number of carbonyl (C=O) groups is 1. The maximum absolute atomic E-state index is 12.9. The molecule has 36 heavy (non-hydrogen) atoms. The van der Waals surface area contributed by atoms with Crippen molar-refractivity contribution in [2.75, 3.05) is 39.3 Å². The molecule has 0 atom stereocenters. The summed E-state index contributed by atoms with van der Waals surface area (Å²) in [5.41, 5.74) is 0.530. The predicted octanol–water partition coefficient (Wildman–Crippen LogP) is 3.42. The maximum Gasteiger partial charge on any atom is 0.351 e. The Hall–Kier alpha value is -3.53. The molecule has 0 aliphatic carbocycles. The minimum absolute atomic E-state index is 0.0799. The molecule has 1 aliphatic heterocycles. The number of benzene rings is 3. The van der Waals surface area contributed by atoms with E-state index in [1.54, 1.807) is 30.3 Å². The fourth-order valence-electron chi connectivity index (χ4n) is 4.41. The van der Waals surface area contributed by atoms with Crippen LogP contribution in [-0.2, 0) is 14.8 Å². The van der Waals surface area contributed by atoms with Gasteiger partial charge in [-0.1, -0.05) is 48.0 Å². The van der Waals surface area contributed by atoms with Gasteiger partial charge in [-0.15, -0.1) is 0 Å². The Morgan fingerprint density at radius 2 is 1.67 bits per heavy atom. The molecule has 186 valence electrons. The lowest BCUT2D eigenvalue weighted by molar-refractivity contribution is 0.0440. The molecule has 0 N–H and O–H groups in total. The van der Waals surface area contributed by atoms with E-state index in [9.17, 15) is 18.0 Å². The van der Waals surface area contributed by atoms with Crippen LogP contribution in [0.3, 0.4) is 0 Å². The van der Waals surface area contributed by atoms with Gasteiger partial charge in [-0.05, 0) is 42.0 Å². The summed E-state index contributed by atoms with van der Waals surface area (Å²) in [6, 6.07) is 19.6. The van der Waals surface area contributed by atoms with Gasteiger partial charge < -0.3 is 9.15 Å². The van der Waals surface area contributed by atoms with E-state index in [2.05, 4.69) is 0 Å². The van der Waals surface area contributed by atoms with Gasteiger partial charge in [0, 0.05) is 38.1 Å². The van der Waals surface area contributed by atoms with Crippen LogP contribution < -0.4 is 5.63 Å². The van der Waals surface area contributed by atoms with Crippen molar-refractivity contribution in [1.82, 2.24) is 9.21 Å². The first-order valence-corrected chi connectivity index (χ1v) is 13.2. The van der Waals surface area contributed by atoms with Gasteiger partial charge in [-0.3, -0.25) is 4.90 Å². The largest absolute Gasteiger partial charge is 0.461 e. The van der Waals surface area contributed by atoms with Crippen molar-refractivity contribution in [2.24, 2.45) is 0 Å². The molecule has 8 nitrogen and oxygen atoms in total. The summed E-state index contributed by atoms with van der Waals surface area (Å²) in [7, 11) is -3.53. The number of nitrogens with zero attached hydrogens (tertiary/aromatic N) is 2. The van der Waals surface area contributed by atoms with Crippen LogP contribution in [0.2, 0.25) is 0 Å². The summed E-state index contributed by atoms with van der Waals surface area (Å²) in [5.74, 6) is -0.737. The van der Waals surface area contributed by atoms with Crippen molar-refractivity contribution < 1.29 is 22.4 Å². The summed E-state index contributed by atoms with van der Waals surface area (Å²) in [6.07, 6.45) is 0. The van der Waals surface area contributed by atoms with Gasteiger partial charge in [-0.2, -0.15) is 4.31 Å². The van der Waals surface area contributed by atoms with E-state index in [4.69, 9.17) is 9.15 Å². The smallest absolute Gasteiger partial charge is 0.351 e. The number of esters is 1. The topological polar surface area (TPSA) is 97.1 Å². The highest BCUT2D eigenvalue weighted by Crippen LogP contribution is 2.25. The number of piperazine rings is 1. The van der Waals surface area contributed by atoms with E-state index in [0.717, 1.165) is 16.3 Å². The summed E-state index contributed by atoms with van der Waals surface area (Å²) < 4.78 is 38.0. The van der Waals surface area contributed by atoms with Gasteiger partial charge in [0.05, 0.1) is 4.90 Å². The van der Waals surface area contributed by atoms with Crippen LogP contribution >= 0.6 is 0 Å². The molecule has 0 unspecified atom stereocenters. The number of fused-ring (bicyclic) bond motifs is 3. The summed E-state index contributed by atoms with van der Waals surface area (Å²) in [6.45, 7) is 4.18. The third-order valence-electron chi connectivity index (χ3n) is 6.49. The van der Waals surface area contributed by atoms with E-state index in [0.29, 0.717) is 43.7 Å². The molecule has 1 fully saturated rings. The molecule has 3 aromatic carbocycles. The molecule has 0 bridgehead atoms. The van der Waals surface area contributed by atoms with Crippen molar-refractivity contribution in [3.63, 3.8) is 0 Å². The van der Waals surface area contributed by atoms with E-state index in [1.165, 1.54) is 10.4 Å². The Morgan fingerprint density at radius 1 is 0.944 bits per heavy atom. The molecular formula is C27H26N2O6S. The third-order valence-corrected chi connectivity index (χ3v) is 8.41. The van der Waals surface area contributed by atoms with Gasteiger partial charge in [-0.25, -0.2) is 18.0 Å². The predicted molar refractivity (Wildman–Crippen MR) is 137 cm³/mol. The van der Waals surface area contributed by atoms with Crippen LogP contribution in [0.1, 0.15) is 15.9 Å². The molecule has 1 saturated heterocycles. The number of hydrogen-bond donors (Lipinski definition) is 0. The minimum atomic E-state index is -3.53. The number of aryl methyl sites for hydroxylation is 1. The van der Waals surface area contributed by atoms with E-state index < -0.39 is 21.6 Å². The summed E-state index contributed by atoms with van der Waals surface area (Å²) in [4.78, 5) is 27.4. The first-order chi connectivity index (χ1) is 17.3. The fourth-order valence-corrected chi connectivity index (χ4v) is 5.83. The number of rotatable bonds is 6. The highest BCUT2D eigenvalue weighted by Gasteiger charge is 2.28. The van der Waals surface area contributed by atoms with Crippen LogP contribution in [0.5, 0.6) is 0 Å². The van der Waals surface area contributed by atoms with Crippen molar-refractivity contribution in [2.45, 2.75) is 11.8 Å². The van der Waals surface area contributed by atoms with E-state index >= 15 is 0 Å². The van der Waals surface area contributed by atoms with Gasteiger partial charge in [0.25, 0.3) is 0 Å². The van der Waals surface area contributed by atoms with E-state index in [1.807, 2.05) is 42.2 Å². The molecule has 5 rings (SSSR count). The van der Waals surface area contributed by atoms with Gasteiger partial charge in [0.2, 0.25) is 10.0 Å². The van der Waals surface area contributed by atoms with Crippen molar-refractivity contribution >= 4 is 37.7 Å². The monoisotopic (exact) mass is 506 g/mol. The van der Waals surface area contributed by atoms with Gasteiger partial charge >= 0.3 is 11.6 Å². The number of ether oxygens (including phenoxy) is 1. The van der Waals surface area contributed by atoms with Crippen molar-refractivity contribution in [3.8, 4) is 0 Å². The van der Waals surface area contributed by atoms with Crippen LogP contribution in [0, 0.1) is 6.92 Å². The summed E-state index contributed by atoms with van der Waals surface area (Å²) >= 11 is 0. The molecule has 0 saturated carbocycles. The SMILES string of the molecule is Cc1ccc(S(=O)(=O)N2CCN(CCOC(=O)c3cc4c(ccc5ccccc54)oc3=O)CC2)cc1. The summed E-state index contributed by atoms with van der Waals surface area (Å²) in [5, 5.41) is 2.53. The highest BCUT2D eigenvalue weighted by molar-refractivity contribution is 7.89. The third kappa shape index (κ3) is 4.77. The number of hydrogen-bond acceptors (Lipinski definition) is 7. The molecule has 0 spiro atoms. The molecule has 4 aromatic rings. The standard InChI is InChI=1S/C27H26N2O6S/c1-19-6-9-21(10-7-19)36(32,33)29-14-12-28(13-15-29)16-17-34-26(30)24-18-23-22-5-3-2-4-20(22)8-11-25(23)35-27(24)31/h2-11,18H,12-17H2,1H3. The molecule has 0 radical (unpaired) electrons. The second kappa shape index (κ2) is 9.85. The molecular weight excluding hydrogens is 480 g/mol. The average molecular weight is 507 g/mol. The zero-order valence-corrected chi connectivity index (χ0v) is 20.7. The van der Waals surface area contributed by atoms with Crippen molar-refractivity contribution in [1.29, 1.82) is 0 Å². The molecule has 2 heterocycles. The van der Waals surface area contributed by atoms with Gasteiger partial charge in [0.15, 0.2) is 0 Å². The Balaban J connectivity index is 1.19. The van der Waals surface area contributed by atoms with Crippen LogP contribution in [0.4, 0.5) is 0 Å². The lowest BCUT2D eigenvalue weighted by Crippen LogP contribution is -2.49. The quantitative estimate of drug-likeness (QED) is 0.225. The fraction of sp³-hybridized carbons (Fsp3) is 0.259. The number of sulfonamides is 1. The second-order valence-corrected chi connectivity index (χ2v) is 10.8. The van der Waals surface area contributed by atoms with Gasteiger partial charge in [0.1, 0.15) is 17.8 Å². The normalized spacial score (nSPS) is 15.4. The molecule has 0 amide bonds. The highest BCUT2D eigenvalue weighted by atomic mass is 32.2. The first-order valence-electron chi connectivity index (χ1n) is 11.7. The molecule has 1 aromatic heterocycles. The molecule has 9 heteroatoms. The van der Waals surface area contributed by atoms with Crippen LogP contribution in [0.25, 0.3) is 21.7 Å². The van der Waals surface area contributed by atoms with Crippen molar-refractivity contribution in [3.05, 3.63) is 88.3 Å². The lowest BCUT2D eigenvalue weighted by atomic mass is 10.0. The molecule has 1 aliphatic rings. The Labute approximate surface area is 208 Å². The average Bonchev–Trinajstić information content (AvgIpc) is 2.88. The Kier molecular flexibility index (Phi) is 6.61. The lowest BCUT2D eigenvalue weighted by Gasteiger charge is -2.33. The first kappa shape index (κ1) is 24.2. The van der Waals surface area contributed by atoms with Crippen LogP contribution in [0.15, 0.2) is 80.8 Å². The minimum Gasteiger partial charge on any atom is -0.461 e. The maximum atomic E-state index is 12.9. The van der Waals surface area contributed by atoms with Crippen LogP contribution in [-0.4, -0.2) is 62.9 Å². The van der Waals surface area contributed by atoms with E-state index in [-0.39, 0.29) is 17.1 Å². The second-order valence-electron chi connectivity index (χ2n) is 8.84. The zero-order chi connectivity index (χ0) is 25.3. The zero-order valence-electron chi connectivity index (χ0n) is 19.8. The number of carbonyl (C=O) groups excluding carboxylic acids is 1. The Bertz CT molecular complexity index is 1590. The Morgan fingerprint density at radius 3 is 2.42 bits per heavy atom.